The van der Waals surface area contributed by atoms with Gasteiger partial charge in [-0.1, -0.05) is 41.1 Å². The zero-order valence-corrected chi connectivity index (χ0v) is 17.1. The molecule has 0 saturated heterocycles. The number of ketones is 1. The van der Waals surface area contributed by atoms with Gasteiger partial charge in [0.05, 0.1) is 7.11 Å². The highest BCUT2D eigenvalue weighted by Gasteiger charge is 2.22. The van der Waals surface area contributed by atoms with Crippen LogP contribution in [0.5, 0.6) is 5.75 Å². The summed E-state index contributed by atoms with van der Waals surface area (Å²) in [5.74, 6) is -0.730. The quantitative estimate of drug-likeness (QED) is 0.548. The lowest BCUT2D eigenvalue weighted by Gasteiger charge is -2.04. The third-order valence-corrected chi connectivity index (χ3v) is 6.91. The molecule has 0 aliphatic carbocycles. The Morgan fingerprint density at radius 2 is 1.86 bits per heavy atom. The van der Waals surface area contributed by atoms with Crippen LogP contribution in [0.2, 0.25) is 5.02 Å². The van der Waals surface area contributed by atoms with E-state index in [0.717, 1.165) is 16.9 Å². The summed E-state index contributed by atoms with van der Waals surface area (Å²) in [6, 6.07) is 13.1. The van der Waals surface area contributed by atoms with Crippen LogP contribution >= 0.6 is 22.9 Å². The molecule has 0 bridgehead atoms. The number of hydrogen-bond acceptors (Lipinski definition) is 6. The van der Waals surface area contributed by atoms with Crippen LogP contribution in [0.15, 0.2) is 64.3 Å². The van der Waals surface area contributed by atoms with Crippen molar-refractivity contribution < 1.29 is 17.9 Å². The smallest absolute Gasteiger partial charge is 0.251 e. The monoisotopic (exact) mass is 434 g/mol. The molecule has 0 radical (unpaired) electrons. The summed E-state index contributed by atoms with van der Waals surface area (Å²) in [6.45, 7) is 0. The predicted molar refractivity (Wildman–Crippen MR) is 112 cm³/mol. The van der Waals surface area contributed by atoms with Gasteiger partial charge >= 0.3 is 0 Å². The van der Waals surface area contributed by atoms with Crippen LogP contribution in [0.4, 0.5) is 0 Å². The van der Waals surface area contributed by atoms with Gasteiger partial charge in [-0.15, -0.1) is 0 Å². The Bertz CT molecular complexity index is 1230. The van der Waals surface area contributed by atoms with E-state index >= 15 is 0 Å². The number of allylic oxidation sites excluding steroid dienone is 1. The Morgan fingerprint density at radius 1 is 1.14 bits per heavy atom. The second kappa shape index (κ2) is 8.26. The molecule has 0 amide bonds. The number of fused-ring (bicyclic) bond motifs is 1. The van der Waals surface area contributed by atoms with Crippen molar-refractivity contribution in [2.45, 2.75) is 4.90 Å². The van der Waals surface area contributed by atoms with Crippen LogP contribution < -0.4 is 9.48 Å². The van der Waals surface area contributed by atoms with Crippen molar-refractivity contribution >= 4 is 54.7 Å². The molecule has 0 fully saturated rings. The number of ether oxygens (including phenoxy) is 1. The second-order valence-corrected chi connectivity index (χ2v) is 9.32. The molecule has 5 nitrogen and oxygen atoms in total. The summed E-state index contributed by atoms with van der Waals surface area (Å²) >= 11 is 6.74. The topological polar surface area (TPSA) is 77.5 Å². The largest absolute Gasteiger partial charge is 0.497 e. The molecule has 1 heterocycles. The van der Waals surface area contributed by atoms with Gasteiger partial charge in [0.15, 0.2) is 15.6 Å². The fourth-order valence-electron chi connectivity index (χ4n) is 2.51. The van der Waals surface area contributed by atoms with Crippen molar-refractivity contribution in [1.29, 1.82) is 0 Å². The molecular weight excluding hydrogens is 420 g/mol. The zero-order chi connectivity index (χ0) is 20.3. The maximum atomic E-state index is 12.6. The number of hydrogen-bond donors (Lipinski definition) is 0. The minimum absolute atomic E-state index is 0.390. The first-order valence-electron chi connectivity index (χ1n) is 8.09. The van der Waals surface area contributed by atoms with E-state index in [1.165, 1.54) is 18.2 Å². The fourth-order valence-corrected chi connectivity index (χ4v) is 5.11. The normalized spacial score (nSPS) is 11.8. The van der Waals surface area contributed by atoms with Crippen molar-refractivity contribution in [3.05, 3.63) is 74.7 Å². The van der Waals surface area contributed by atoms with Crippen molar-refractivity contribution in [3.8, 4) is 5.75 Å². The molecule has 8 heteroatoms. The molecule has 1 aromatic heterocycles. The van der Waals surface area contributed by atoms with Crippen LogP contribution in [0.1, 0.15) is 5.56 Å². The lowest BCUT2D eigenvalue weighted by atomic mass is 10.2. The van der Waals surface area contributed by atoms with Gasteiger partial charge in [-0.2, -0.15) is 0 Å². The molecule has 3 rings (SSSR count). The Labute approximate surface area is 170 Å². The minimum atomic E-state index is -4.08. The maximum absolute atomic E-state index is 12.6. The van der Waals surface area contributed by atoms with E-state index in [1.807, 2.05) is 0 Å². The summed E-state index contributed by atoms with van der Waals surface area (Å²) in [5.41, 5.74) is 0.721. The Kier molecular flexibility index (Phi) is 5.98. The molecule has 0 aliphatic heterocycles. The maximum Gasteiger partial charge on any atom is 0.251 e. The van der Waals surface area contributed by atoms with Crippen molar-refractivity contribution in [2.24, 2.45) is 0 Å². The lowest BCUT2D eigenvalue weighted by Crippen LogP contribution is -2.19. The first kappa shape index (κ1) is 20.3. The molecule has 0 aliphatic rings. The second-order valence-electron chi connectivity index (χ2n) is 5.91. The standard InChI is InChI=1S/C20H15ClO5S2/c1-26-17-7-3-13(4-8-17)2-6-16(22)12-28(24,25)19-11-14-10-15(21)5-9-18(14)27-20(19)23/h2-11H,12H2,1H3/b6-2+. The minimum Gasteiger partial charge on any atom is -0.497 e. The van der Waals surface area contributed by atoms with Crippen LogP contribution in [-0.2, 0) is 14.6 Å². The van der Waals surface area contributed by atoms with Gasteiger partial charge < -0.3 is 4.74 Å². The van der Waals surface area contributed by atoms with Crippen LogP contribution in [0.3, 0.4) is 0 Å². The van der Waals surface area contributed by atoms with Gasteiger partial charge in [-0.3, -0.25) is 9.59 Å². The highest BCUT2D eigenvalue weighted by molar-refractivity contribution is 7.92. The van der Waals surface area contributed by atoms with E-state index in [2.05, 4.69) is 0 Å². The third kappa shape index (κ3) is 4.67. The number of carbonyl (C=O) groups excluding carboxylic acids is 1. The van der Waals surface area contributed by atoms with E-state index in [1.54, 1.807) is 49.6 Å². The molecule has 2 aromatic carbocycles. The summed E-state index contributed by atoms with van der Waals surface area (Å²) in [7, 11) is -2.53. The third-order valence-electron chi connectivity index (χ3n) is 3.91. The number of sulfone groups is 1. The molecular formula is C20H15ClO5S2. The van der Waals surface area contributed by atoms with E-state index < -0.39 is 31.0 Å². The molecule has 0 unspecified atom stereocenters. The van der Waals surface area contributed by atoms with Crippen LogP contribution in [0.25, 0.3) is 16.2 Å². The predicted octanol–water partition coefficient (Wildman–Crippen LogP) is 3.98. The molecule has 0 N–H and O–H groups in total. The number of rotatable bonds is 6. The first-order chi connectivity index (χ1) is 13.3. The van der Waals surface area contributed by atoms with Gasteiger partial charge in [-0.25, -0.2) is 8.42 Å². The van der Waals surface area contributed by atoms with Crippen LogP contribution in [-0.4, -0.2) is 27.1 Å². The van der Waals surface area contributed by atoms with E-state index in [9.17, 15) is 18.0 Å². The molecule has 28 heavy (non-hydrogen) atoms. The van der Waals surface area contributed by atoms with Gasteiger partial charge in [-0.05, 0) is 53.4 Å². The highest BCUT2D eigenvalue weighted by Crippen LogP contribution is 2.23. The van der Waals surface area contributed by atoms with E-state index in [0.29, 0.717) is 20.9 Å². The van der Waals surface area contributed by atoms with Crippen molar-refractivity contribution in [3.63, 3.8) is 0 Å². The Morgan fingerprint density at radius 3 is 2.54 bits per heavy atom. The summed E-state index contributed by atoms with van der Waals surface area (Å²) < 4.78 is 30.2. The molecule has 0 spiro atoms. The number of carbonyl (C=O) groups is 1. The summed E-state index contributed by atoms with van der Waals surface area (Å²) in [6.07, 6.45) is 2.70. The molecule has 144 valence electrons. The average molecular weight is 435 g/mol. The first-order valence-corrected chi connectivity index (χ1v) is 10.9. The fraction of sp³-hybridized carbons (Fsp3) is 0.100. The van der Waals surface area contributed by atoms with Gasteiger partial charge in [0, 0.05) is 9.72 Å². The SMILES string of the molecule is COc1ccc(/C=C/C(=O)CS(=O)(=O)c2cc3cc(Cl)ccc3sc2=O)cc1. The van der Waals surface area contributed by atoms with Gasteiger partial charge in [0.25, 0.3) is 4.74 Å². The lowest BCUT2D eigenvalue weighted by molar-refractivity contribution is -0.112. The Hall–Kier alpha value is -2.48. The van der Waals surface area contributed by atoms with Gasteiger partial charge in [0.1, 0.15) is 16.4 Å². The average Bonchev–Trinajstić information content (AvgIpc) is 2.66. The number of benzene rings is 2. The summed E-state index contributed by atoms with van der Waals surface area (Å²) in [4.78, 5) is 24.0. The van der Waals surface area contributed by atoms with E-state index in [4.69, 9.17) is 16.3 Å². The molecule has 0 atom stereocenters. The Balaban J connectivity index is 1.83. The molecule has 3 aromatic rings. The number of halogens is 1. The molecule has 0 saturated carbocycles. The van der Waals surface area contributed by atoms with Crippen molar-refractivity contribution in [1.82, 2.24) is 0 Å². The zero-order valence-electron chi connectivity index (χ0n) is 14.7. The highest BCUT2D eigenvalue weighted by atomic mass is 35.5. The summed E-state index contributed by atoms with van der Waals surface area (Å²) in [5, 5.41) is 0.970. The van der Waals surface area contributed by atoms with Crippen molar-refractivity contribution in [2.75, 3.05) is 12.9 Å². The van der Waals surface area contributed by atoms with E-state index in [-0.39, 0.29) is 0 Å². The van der Waals surface area contributed by atoms with Gasteiger partial charge in [0.2, 0.25) is 0 Å². The number of methoxy groups -OCH3 is 1. The van der Waals surface area contributed by atoms with Crippen LogP contribution in [0, 0.1) is 0 Å².